The Balaban J connectivity index is 1.91. The lowest BCUT2D eigenvalue weighted by atomic mass is 10.1. The first kappa shape index (κ1) is 14.7. The molecule has 0 bridgehead atoms. The average molecular weight is 397 g/mol. The van der Waals surface area contributed by atoms with E-state index in [0.717, 1.165) is 27.3 Å². The minimum Gasteiger partial charge on any atom is -0.369 e. The zero-order valence-corrected chi connectivity index (χ0v) is 14.0. The van der Waals surface area contributed by atoms with Crippen LogP contribution in [0.5, 0.6) is 0 Å². The van der Waals surface area contributed by atoms with E-state index in [-0.39, 0.29) is 5.82 Å². The van der Waals surface area contributed by atoms with Gasteiger partial charge in [0.2, 0.25) is 0 Å². The maximum atomic E-state index is 13.0. The van der Waals surface area contributed by atoms with Gasteiger partial charge in [-0.15, -0.1) is 0 Å². The van der Waals surface area contributed by atoms with Crippen molar-refractivity contribution in [2.75, 3.05) is 11.9 Å². The van der Waals surface area contributed by atoms with Crippen molar-refractivity contribution in [2.45, 2.75) is 32.1 Å². The molecule has 1 aliphatic carbocycles. The first-order valence-corrected chi connectivity index (χ1v) is 8.30. The van der Waals surface area contributed by atoms with E-state index >= 15 is 0 Å². The average Bonchev–Trinajstić information content (AvgIpc) is 3.29. The molecule has 0 unspecified atom stereocenters. The Bertz CT molecular complexity index is 639. The number of hydrogen-bond acceptors (Lipinski definition) is 3. The third-order valence-corrected chi connectivity index (χ3v) is 4.57. The molecule has 1 heterocycles. The fraction of sp³-hybridized carbons (Fsp3) is 0.375. The van der Waals surface area contributed by atoms with E-state index in [1.807, 2.05) is 0 Å². The van der Waals surface area contributed by atoms with Crippen molar-refractivity contribution in [2.24, 2.45) is 0 Å². The quantitative estimate of drug-likeness (QED) is 0.772. The molecule has 1 fully saturated rings. The zero-order valence-electron chi connectivity index (χ0n) is 11.9. The van der Waals surface area contributed by atoms with Gasteiger partial charge < -0.3 is 5.32 Å². The number of halogens is 2. The number of aromatic nitrogens is 2. The standard InChI is InChI=1S/C16H17FIN3/c1-2-19-16-14(18)15(11-5-6-11)20-13(21-16)9-10-3-7-12(17)8-4-10/h3-4,7-8,11H,2,5-6,9H2,1H3,(H,19,20,21). The highest BCUT2D eigenvalue weighted by atomic mass is 127. The number of rotatable bonds is 5. The lowest BCUT2D eigenvalue weighted by Gasteiger charge is -2.12. The molecule has 0 saturated heterocycles. The van der Waals surface area contributed by atoms with Gasteiger partial charge in [0.15, 0.2) is 0 Å². The number of anilines is 1. The Kier molecular flexibility index (Phi) is 4.37. The van der Waals surface area contributed by atoms with Gasteiger partial charge in [0.25, 0.3) is 0 Å². The summed E-state index contributed by atoms with van der Waals surface area (Å²) in [6.07, 6.45) is 3.07. The van der Waals surface area contributed by atoms with Gasteiger partial charge >= 0.3 is 0 Å². The number of benzene rings is 1. The third kappa shape index (κ3) is 3.51. The Morgan fingerprint density at radius 1 is 1.24 bits per heavy atom. The number of hydrogen-bond donors (Lipinski definition) is 1. The van der Waals surface area contributed by atoms with Crippen molar-refractivity contribution in [1.29, 1.82) is 0 Å². The molecule has 0 aliphatic heterocycles. The second-order valence-corrected chi connectivity index (χ2v) is 6.37. The molecule has 1 aromatic heterocycles. The summed E-state index contributed by atoms with van der Waals surface area (Å²) in [6.45, 7) is 2.90. The van der Waals surface area contributed by atoms with E-state index in [0.29, 0.717) is 12.3 Å². The van der Waals surface area contributed by atoms with E-state index in [1.165, 1.54) is 30.7 Å². The van der Waals surface area contributed by atoms with Crippen LogP contribution in [0.2, 0.25) is 0 Å². The monoisotopic (exact) mass is 397 g/mol. The fourth-order valence-electron chi connectivity index (χ4n) is 2.29. The molecule has 3 nitrogen and oxygen atoms in total. The molecule has 2 aromatic rings. The van der Waals surface area contributed by atoms with E-state index in [4.69, 9.17) is 4.98 Å². The highest BCUT2D eigenvalue weighted by Crippen LogP contribution is 2.42. The summed E-state index contributed by atoms with van der Waals surface area (Å²) in [5.41, 5.74) is 2.19. The van der Waals surface area contributed by atoms with Gasteiger partial charge in [0.05, 0.1) is 9.26 Å². The van der Waals surface area contributed by atoms with Gasteiger partial charge in [-0.2, -0.15) is 0 Å². The van der Waals surface area contributed by atoms with Crippen molar-refractivity contribution in [3.8, 4) is 0 Å². The van der Waals surface area contributed by atoms with Crippen LogP contribution >= 0.6 is 22.6 Å². The SMILES string of the molecule is CCNc1nc(Cc2ccc(F)cc2)nc(C2CC2)c1I. The third-order valence-electron chi connectivity index (χ3n) is 3.51. The van der Waals surface area contributed by atoms with Crippen molar-refractivity contribution < 1.29 is 4.39 Å². The van der Waals surface area contributed by atoms with Crippen LogP contribution in [0.1, 0.15) is 42.8 Å². The minimum atomic E-state index is -0.214. The second kappa shape index (κ2) is 6.25. The van der Waals surface area contributed by atoms with E-state index in [2.05, 4.69) is 39.8 Å². The molecule has 1 aromatic carbocycles. The first-order valence-electron chi connectivity index (χ1n) is 7.22. The Morgan fingerprint density at radius 2 is 1.95 bits per heavy atom. The number of nitrogens with zero attached hydrogens (tertiary/aromatic N) is 2. The largest absolute Gasteiger partial charge is 0.369 e. The maximum Gasteiger partial charge on any atom is 0.143 e. The molecule has 1 aliphatic rings. The van der Waals surface area contributed by atoms with Gasteiger partial charge in [-0.3, -0.25) is 0 Å². The summed E-state index contributed by atoms with van der Waals surface area (Å²) in [7, 11) is 0. The summed E-state index contributed by atoms with van der Waals surface area (Å²) in [4.78, 5) is 9.37. The second-order valence-electron chi connectivity index (χ2n) is 5.30. The summed E-state index contributed by atoms with van der Waals surface area (Å²) in [6, 6.07) is 6.55. The van der Waals surface area contributed by atoms with Crippen LogP contribution < -0.4 is 5.32 Å². The molecular formula is C16H17FIN3. The Morgan fingerprint density at radius 3 is 2.57 bits per heavy atom. The smallest absolute Gasteiger partial charge is 0.143 e. The fourth-order valence-corrected chi connectivity index (χ4v) is 3.16. The summed E-state index contributed by atoms with van der Waals surface area (Å²) in [5.74, 6) is 2.10. The maximum absolute atomic E-state index is 13.0. The van der Waals surface area contributed by atoms with Crippen LogP contribution in [-0.4, -0.2) is 16.5 Å². The van der Waals surface area contributed by atoms with Crippen molar-refractivity contribution in [3.05, 3.63) is 50.7 Å². The van der Waals surface area contributed by atoms with Gasteiger partial charge in [0, 0.05) is 18.9 Å². The molecule has 1 N–H and O–H groups in total. The van der Waals surface area contributed by atoms with E-state index < -0.39 is 0 Å². The van der Waals surface area contributed by atoms with Crippen molar-refractivity contribution >= 4 is 28.4 Å². The predicted molar refractivity (Wildman–Crippen MR) is 90.1 cm³/mol. The Hall–Kier alpha value is -1.24. The topological polar surface area (TPSA) is 37.8 Å². The number of nitrogens with one attached hydrogen (secondary N) is 1. The van der Waals surface area contributed by atoms with Crippen LogP contribution in [0.3, 0.4) is 0 Å². The summed E-state index contributed by atoms with van der Waals surface area (Å²) >= 11 is 2.33. The van der Waals surface area contributed by atoms with E-state index in [9.17, 15) is 4.39 Å². The molecule has 0 spiro atoms. The van der Waals surface area contributed by atoms with Crippen LogP contribution in [0.25, 0.3) is 0 Å². The molecule has 3 rings (SSSR count). The van der Waals surface area contributed by atoms with Crippen LogP contribution in [0, 0.1) is 9.39 Å². The summed E-state index contributed by atoms with van der Waals surface area (Å²) in [5, 5.41) is 3.32. The highest BCUT2D eigenvalue weighted by molar-refractivity contribution is 14.1. The predicted octanol–water partition coefficient (Wildman–Crippen LogP) is 4.12. The van der Waals surface area contributed by atoms with Crippen molar-refractivity contribution in [3.63, 3.8) is 0 Å². The lowest BCUT2D eigenvalue weighted by molar-refractivity contribution is 0.627. The molecule has 21 heavy (non-hydrogen) atoms. The molecular weight excluding hydrogens is 380 g/mol. The normalized spacial score (nSPS) is 14.2. The van der Waals surface area contributed by atoms with Crippen LogP contribution in [0.4, 0.5) is 10.2 Å². The molecule has 0 radical (unpaired) electrons. The van der Waals surface area contributed by atoms with Crippen LogP contribution in [-0.2, 0) is 6.42 Å². The molecule has 110 valence electrons. The van der Waals surface area contributed by atoms with Crippen molar-refractivity contribution in [1.82, 2.24) is 9.97 Å². The van der Waals surface area contributed by atoms with Gasteiger partial charge in [-0.25, -0.2) is 14.4 Å². The summed E-state index contributed by atoms with van der Waals surface area (Å²) < 4.78 is 14.1. The van der Waals surface area contributed by atoms with Gasteiger partial charge in [0.1, 0.15) is 17.5 Å². The van der Waals surface area contributed by atoms with E-state index in [1.54, 1.807) is 12.1 Å². The zero-order chi connectivity index (χ0) is 14.8. The molecule has 1 saturated carbocycles. The highest BCUT2D eigenvalue weighted by Gasteiger charge is 2.29. The minimum absolute atomic E-state index is 0.214. The molecule has 0 atom stereocenters. The Labute approximate surface area is 137 Å². The van der Waals surface area contributed by atoms with Gasteiger partial charge in [-0.1, -0.05) is 12.1 Å². The van der Waals surface area contributed by atoms with Gasteiger partial charge in [-0.05, 0) is 60.1 Å². The molecule has 0 amide bonds. The van der Waals surface area contributed by atoms with Crippen LogP contribution in [0.15, 0.2) is 24.3 Å². The molecule has 5 heteroatoms. The first-order chi connectivity index (χ1) is 10.2. The lowest BCUT2D eigenvalue weighted by Crippen LogP contribution is -2.09.